The third-order valence-corrected chi connectivity index (χ3v) is 11.3. The van der Waals surface area contributed by atoms with Crippen molar-refractivity contribution in [2.24, 2.45) is 17.8 Å². The highest BCUT2D eigenvalue weighted by molar-refractivity contribution is 6.25. The summed E-state index contributed by atoms with van der Waals surface area (Å²) in [6, 6.07) is 3.45. The second-order valence-corrected chi connectivity index (χ2v) is 14.3. The Morgan fingerprint density at radius 2 is 1.73 bits per heavy atom. The number of phenols is 1. The van der Waals surface area contributed by atoms with Crippen LogP contribution in [0.25, 0.3) is 5.76 Å². The third-order valence-electron chi connectivity index (χ3n) is 11.3. The lowest BCUT2D eigenvalue weighted by Crippen LogP contribution is -2.71. The molecule has 12 heteroatoms. The number of Topliss-reactive ketones (excluding diaryl/α,β-unsaturated/α-hetero) is 2. The Balaban J connectivity index is 1.54. The minimum absolute atomic E-state index is 0.0410. The number of hydrogen-bond acceptors (Lipinski definition) is 11. The van der Waals surface area contributed by atoms with Crippen LogP contribution in [0.4, 0.5) is 0 Å². The molecule has 1 aliphatic heterocycles. The largest absolute Gasteiger partial charge is 0.508 e. The summed E-state index contributed by atoms with van der Waals surface area (Å²) >= 11 is 0. The maximum Gasteiger partial charge on any atom is 0.305 e. The van der Waals surface area contributed by atoms with Gasteiger partial charge in [-0.1, -0.05) is 44.7 Å². The molecule has 260 valence electrons. The van der Waals surface area contributed by atoms with Gasteiger partial charge in [0.15, 0.2) is 11.4 Å². The van der Waals surface area contributed by atoms with Crippen molar-refractivity contribution >= 4 is 29.2 Å². The van der Waals surface area contributed by atoms with Gasteiger partial charge in [0.25, 0.3) is 5.91 Å². The number of aromatic hydroxyl groups is 1. The van der Waals surface area contributed by atoms with Crippen molar-refractivity contribution in [3.05, 3.63) is 46.2 Å². The zero-order chi connectivity index (χ0) is 34.5. The molecule has 0 unspecified atom stereocenters. The topological polar surface area (TPSA) is 177 Å². The number of amides is 1. The van der Waals surface area contributed by atoms with Crippen LogP contribution in [-0.2, 0) is 23.9 Å². The first-order valence-electron chi connectivity index (χ1n) is 17.3. The zero-order valence-corrected chi connectivity index (χ0v) is 27.9. The number of nitrogens with one attached hydrogen (secondary N) is 1. The van der Waals surface area contributed by atoms with Crippen LogP contribution < -0.4 is 5.32 Å². The highest BCUT2D eigenvalue weighted by atomic mass is 16.5. The second kappa shape index (κ2) is 13.3. The number of hydrogen-bond donors (Lipinski definition) is 5. The molecule has 5 aliphatic rings. The van der Waals surface area contributed by atoms with Crippen molar-refractivity contribution in [3.63, 3.8) is 0 Å². The van der Waals surface area contributed by atoms with E-state index in [1.165, 1.54) is 11.0 Å². The number of carbonyl (C=O) groups is 4. The quantitative estimate of drug-likeness (QED) is 0.194. The number of ether oxygens (including phenoxy) is 1. The lowest BCUT2D eigenvalue weighted by molar-refractivity contribution is -0.185. The summed E-state index contributed by atoms with van der Waals surface area (Å²) in [5.41, 5.74) is -3.36. The fourth-order valence-corrected chi connectivity index (χ4v) is 8.99. The molecular weight excluding hydrogens is 618 g/mol. The van der Waals surface area contributed by atoms with Gasteiger partial charge >= 0.3 is 5.97 Å². The highest BCUT2D eigenvalue weighted by Gasteiger charge is 2.70. The van der Waals surface area contributed by atoms with Gasteiger partial charge in [-0.2, -0.15) is 0 Å². The van der Waals surface area contributed by atoms with Crippen LogP contribution in [-0.4, -0.2) is 105 Å². The number of fused-ring (bicyclic) bond motifs is 3. The molecule has 0 bridgehead atoms. The smallest absolute Gasteiger partial charge is 0.305 e. The average molecular weight is 666 g/mol. The molecular formula is C36H47N3O9. The molecule has 3 fully saturated rings. The predicted molar refractivity (Wildman–Crippen MR) is 175 cm³/mol. The third kappa shape index (κ3) is 5.51. The summed E-state index contributed by atoms with van der Waals surface area (Å²) in [4.78, 5) is 59.3. The van der Waals surface area contributed by atoms with Gasteiger partial charge in [0.2, 0.25) is 5.78 Å². The molecule has 1 aromatic carbocycles. The molecule has 6 atom stereocenters. The van der Waals surface area contributed by atoms with Crippen LogP contribution in [0.3, 0.4) is 0 Å². The molecule has 5 N–H and O–H groups in total. The Hall–Kier alpha value is -3.74. The summed E-state index contributed by atoms with van der Waals surface area (Å²) in [7, 11) is 3.12. The number of rotatable bonds is 9. The molecule has 1 amide bonds. The van der Waals surface area contributed by atoms with Crippen molar-refractivity contribution in [2.45, 2.75) is 88.4 Å². The minimum atomic E-state index is -2.92. The molecule has 2 saturated carbocycles. The number of likely N-dealkylation sites (N-methyl/N-ethyl adjacent to an activating group) is 1. The normalized spacial score (nSPS) is 30.8. The summed E-state index contributed by atoms with van der Waals surface area (Å²) in [5.74, 6) is -8.14. The minimum Gasteiger partial charge on any atom is -0.508 e. The van der Waals surface area contributed by atoms with E-state index in [4.69, 9.17) is 4.74 Å². The van der Waals surface area contributed by atoms with E-state index in [1.807, 2.05) is 4.90 Å². The van der Waals surface area contributed by atoms with Crippen LogP contribution in [0.15, 0.2) is 35.1 Å². The maximum absolute atomic E-state index is 14.8. The fourth-order valence-electron chi connectivity index (χ4n) is 8.99. The SMILES string of the molecule is CCC(=O)O[C@@H]1[C@@H]2C(=C(O)c3c(O)cccc3[C@H]2CCC2CCCC2)C(=O)[C@@]2(O)C(O)=C(C(=O)NCN3CCCC3)C(=O)[C@H](N(C)C)[C@@H]12. The number of nitrogens with zero attached hydrogens (tertiary/aromatic N) is 2. The molecule has 4 aliphatic carbocycles. The Morgan fingerprint density at radius 3 is 2.38 bits per heavy atom. The summed E-state index contributed by atoms with van der Waals surface area (Å²) in [6.07, 6.45) is 6.17. The van der Waals surface area contributed by atoms with Gasteiger partial charge in [-0.15, -0.1) is 0 Å². The molecule has 48 heavy (non-hydrogen) atoms. The van der Waals surface area contributed by atoms with Gasteiger partial charge in [0, 0.05) is 17.9 Å². The van der Waals surface area contributed by atoms with Crippen LogP contribution in [0.5, 0.6) is 5.75 Å². The number of esters is 1. The summed E-state index contributed by atoms with van der Waals surface area (Å²) in [6.45, 7) is 3.20. The molecule has 0 radical (unpaired) electrons. The molecule has 6 rings (SSSR count). The lowest BCUT2D eigenvalue weighted by Gasteiger charge is -2.55. The van der Waals surface area contributed by atoms with Crippen LogP contribution >= 0.6 is 0 Å². The summed E-state index contributed by atoms with van der Waals surface area (Å²) in [5, 5.41) is 49.8. The number of aliphatic hydroxyl groups is 3. The number of carbonyl (C=O) groups excluding carboxylic acids is 4. The lowest BCUT2D eigenvalue weighted by atomic mass is 9.53. The molecule has 0 aromatic heterocycles. The second-order valence-electron chi connectivity index (χ2n) is 14.3. The van der Waals surface area contributed by atoms with Gasteiger partial charge in [0.1, 0.15) is 28.9 Å². The highest BCUT2D eigenvalue weighted by Crippen LogP contribution is 2.58. The van der Waals surface area contributed by atoms with E-state index in [9.17, 15) is 39.6 Å². The van der Waals surface area contributed by atoms with Gasteiger partial charge in [-0.25, -0.2) is 0 Å². The van der Waals surface area contributed by atoms with Crippen LogP contribution in [0.1, 0.15) is 81.8 Å². The Bertz CT molecular complexity index is 1560. The number of likely N-dealkylation sites (tertiary alicyclic amines) is 1. The maximum atomic E-state index is 14.8. The number of ketones is 2. The first-order chi connectivity index (χ1) is 22.9. The zero-order valence-electron chi connectivity index (χ0n) is 27.9. The van der Waals surface area contributed by atoms with Crippen molar-refractivity contribution < 1.29 is 44.3 Å². The first kappa shape index (κ1) is 34.1. The molecule has 0 spiro atoms. The van der Waals surface area contributed by atoms with Gasteiger partial charge < -0.3 is 30.5 Å². The number of benzene rings is 1. The number of phenolic OH excluding ortho intramolecular Hbond substituents is 1. The van der Waals surface area contributed by atoms with Gasteiger partial charge in [0.05, 0.1) is 24.2 Å². The van der Waals surface area contributed by atoms with E-state index in [1.54, 1.807) is 33.2 Å². The van der Waals surface area contributed by atoms with E-state index in [0.717, 1.165) is 58.0 Å². The standard InChI is InChI=1S/C36H47N3O9/c1-4-23(41)48-32-25-21(15-14-19-10-5-6-11-19)20-12-9-13-22(40)24(20)30(42)26(25)33(44)36(47)28(32)29(38(2)3)31(43)27(34(36)45)35(46)37-18-39-16-7-8-17-39/h9,12-13,19,21,25,28-29,32,40,42,45,47H,4-8,10-11,14-18H2,1-3H3,(H,37,46)/t21-,25+,28+,29-,32-,36-/m1/s1. The van der Waals surface area contributed by atoms with Crippen LogP contribution in [0, 0.1) is 17.8 Å². The van der Waals surface area contributed by atoms with Crippen LogP contribution in [0.2, 0.25) is 0 Å². The fraction of sp³-hybridized carbons (Fsp3) is 0.611. The number of aliphatic hydroxyl groups excluding tert-OH is 2. The van der Waals surface area contributed by atoms with E-state index in [0.29, 0.717) is 17.9 Å². The van der Waals surface area contributed by atoms with E-state index >= 15 is 0 Å². The monoisotopic (exact) mass is 665 g/mol. The molecule has 1 aromatic rings. The van der Waals surface area contributed by atoms with Gasteiger partial charge in [-0.05, 0) is 76.3 Å². The van der Waals surface area contributed by atoms with Gasteiger partial charge in [-0.3, -0.25) is 29.0 Å². The van der Waals surface area contributed by atoms with E-state index in [-0.39, 0.29) is 30.0 Å². The van der Waals surface area contributed by atoms with E-state index < -0.39 is 76.0 Å². The van der Waals surface area contributed by atoms with Crippen molar-refractivity contribution in [1.82, 2.24) is 15.1 Å². The van der Waals surface area contributed by atoms with Crippen molar-refractivity contribution in [3.8, 4) is 5.75 Å². The Kier molecular flexibility index (Phi) is 9.45. The predicted octanol–water partition coefficient (Wildman–Crippen LogP) is 3.09. The Labute approximate surface area is 280 Å². The first-order valence-corrected chi connectivity index (χ1v) is 17.3. The Morgan fingerprint density at radius 1 is 1.04 bits per heavy atom. The van der Waals surface area contributed by atoms with E-state index in [2.05, 4.69) is 5.32 Å². The molecule has 1 saturated heterocycles. The van der Waals surface area contributed by atoms with Crippen molar-refractivity contribution in [2.75, 3.05) is 33.9 Å². The average Bonchev–Trinajstić information content (AvgIpc) is 3.78. The molecule has 12 nitrogen and oxygen atoms in total. The molecule has 1 heterocycles. The summed E-state index contributed by atoms with van der Waals surface area (Å²) < 4.78 is 6.10. The van der Waals surface area contributed by atoms with Crippen molar-refractivity contribution in [1.29, 1.82) is 0 Å².